The fourth-order valence-corrected chi connectivity index (χ4v) is 6.04. The van der Waals surface area contributed by atoms with Crippen molar-refractivity contribution in [3.05, 3.63) is 39.9 Å². The van der Waals surface area contributed by atoms with E-state index >= 15 is 0 Å². The Kier molecular flexibility index (Phi) is 4.06. The molecule has 1 saturated heterocycles. The molecule has 4 aliphatic carbocycles. The number of rotatable bonds is 4. The third-order valence-electron chi connectivity index (χ3n) is 7.10. The lowest BCUT2D eigenvalue weighted by molar-refractivity contribution is -0.140. The number of anilines is 1. The zero-order valence-electron chi connectivity index (χ0n) is 15.9. The van der Waals surface area contributed by atoms with Gasteiger partial charge in [-0.25, -0.2) is 0 Å². The highest BCUT2D eigenvalue weighted by Gasteiger charge is 2.66. The molecule has 1 N–H and O–H groups in total. The normalized spacial score (nSPS) is 34.5. The molecule has 5 nitrogen and oxygen atoms in total. The van der Waals surface area contributed by atoms with Crippen LogP contribution in [0.2, 0.25) is 0 Å². The molecule has 3 amide bonds. The van der Waals surface area contributed by atoms with Gasteiger partial charge >= 0.3 is 0 Å². The second-order valence-electron chi connectivity index (χ2n) is 8.70. The van der Waals surface area contributed by atoms with Crippen molar-refractivity contribution in [2.45, 2.75) is 26.7 Å². The third-order valence-corrected chi connectivity index (χ3v) is 7.95. The summed E-state index contributed by atoms with van der Waals surface area (Å²) in [5.74, 6) is 0.957. The molecule has 1 aromatic rings. The molecule has 0 aromatic heterocycles. The molecule has 0 unspecified atom stereocenters. The largest absolute Gasteiger partial charge is 0.326 e. The van der Waals surface area contributed by atoms with E-state index < -0.39 is 0 Å². The molecule has 6 heteroatoms. The number of amides is 3. The Hall–Kier alpha value is -1.95. The van der Waals surface area contributed by atoms with Crippen molar-refractivity contribution in [3.63, 3.8) is 0 Å². The number of benzene rings is 1. The summed E-state index contributed by atoms with van der Waals surface area (Å²) in [5.41, 5.74) is 2.77. The first-order valence-corrected chi connectivity index (χ1v) is 10.8. The lowest BCUT2D eigenvalue weighted by Gasteiger charge is -2.37. The van der Waals surface area contributed by atoms with Crippen molar-refractivity contribution >= 4 is 39.3 Å². The molecule has 0 spiro atoms. The summed E-state index contributed by atoms with van der Waals surface area (Å²) < 4.78 is 1.00. The lowest BCUT2D eigenvalue weighted by atomic mass is 9.63. The van der Waals surface area contributed by atoms with Crippen LogP contribution in [0.25, 0.3) is 0 Å². The molecule has 1 aliphatic heterocycles. The summed E-state index contributed by atoms with van der Waals surface area (Å²) in [6.07, 6.45) is 5.62. The van der Waals surface area contributed by atoms with Crippen molar-refractivity contribution < 1.29 is 14.4 Å². The molecule has 3 fully saturated rings. The van der Waals surface area contributed by atoms with Crippen LogP contribution < -0.4 is 5.32 Å². The molecule has 2 bridgehead atoms. The Balaban J connectivity index is 1.25. The van der Waals surface area contributed by atoms with Crippen molar-refractivity contribution in [1.29, 1.82) is 0 Å². The van der Waals surface area contributed by atoms with E-state index in [1.807, 2.05) is 26.0 Å². The molecule has 146 valence electrons. The van der Waals surface area contributed by atoms with Gasteiger partial charge < -0.3 is 5.32 Å². The van der Waals surface area contributed by atoms with Gasteiger partial charge in [-0.15, -0.1) is 0 Å². The highest BCUT2D eigenvalue weighted by molar-refractivity contribution is 9.10. The zero-order chi connectivity index (χ0) is 19.7. The molecule has 0 radical (unpaired) electrons. The summed E-state index contributed by atoms with van der Waals surface area (Å²) in [5, 5.41) is 2.92. The van der Waals surface area contributed by atoms with Crippen LogP contribution in [0.5, 0.6) is 0 Å². The summed E-state index contributed by atoms with van der Waals surface area (Å²) in [6.45, 7) is 4.07. The smallest absolute Gasteiger partial charge is 0.233 e. The fraction of sp³-hybridized carbons (Fsp3) is 0.500. The minimum Gasteiger partial charge on any atom is -0.326 e. The van der Waals surface area contributed by atoms with E-state index in [0.29, 0.717) is 11.8 Å². The molecular formula is C22H23BrN2O3. The first-order valence-electron chi connectivity index (χ1n) is 9.97. The topological polar surface area (TPSA) is 66.5 Å². The van der Waals surface area contributed by atoms with Gasteiger partial charge in [-0.05, 0) is 67.2 Å². The Morgan fingerprint density at radius 2 is 1.68 bits per heavy atom. The van der Waals surface area contributed by atoms with E-state index in [9.17, 15) is 14.4 Å². The molecule has 28 heavy (non-hydrogen) atoms. The first kappa shape index (κ1) is 18.1. The summed E-state index contributed by atoms with van der Waals surface area (Å²) >= 11 is 3.49. The zero-order valence-corrected chi connectivity index (χ0v) is 17.5. The fourth-order valence-electron chi connectivity index (χ4n) is 5.58. The third kappa shape index (κ3) is 2.60. The van der Waals surface area contributed by atoms with E-state index in [2.05, 4.69) is 33.4 Å². The highest BCUT2D eigenvalue weighted by Crippen LogP contribution is 2.65. The molecule has 1 aromatic carbocycles. The van der Waals surface area contributed by atoms with Crippen LogP contribution in [-0.4, -0.2) is 29.2 Å². The second kappa shape index (κ2) is 6.28. The van der Waals surface area contributed by atoms with E-state index in [-0.39, 0.29) is 54.4 Å². The minimum atomic E-state index is -0.189. The number of hydrogen-bond acceptors (Lipinski definition) is 3. The average molecular weight is 443 g/mol. The van der Waals surface area contributed by atoms with Gasteiger partial charge in [-0.1, -0.05) is 28.1 Å². The maximum atomic E-state index is 12.9. The number of nitrogens with one attached hydrogen (secondary N) is 1. The SMILES string of the molecule is Cc1cc(NC(=O)CCN2C(=O)[C@@H]3[C@@H]4C=C[C@H]([C@H]5C[C@H]45)[C@@H]3C2=O)c(C)cc1Br. The van der Waals surface area contributed by atoms with Crippen LogP contribution in [0.4, 0.5) is 5.69 Å². The van der Waals surface area contributed by atoms with E-state index in [1.165, 1.54) is 4.90 Å². The van der Waals surface area contributed by atoms with Gasteiger partial charge in [0.2, 0.25) is 17.7 Å². The van der Waals surface area contributed by atoms with Crippen molar-refractivity contribution in [1.82, 2.24) is 4.90 Å². The number of likely N-dealkylation sites (tertiary alicyclic amines) is 1. The number of nitrogens with zero attached hydrogens (tertiary/aromatic N) is 1. The Bertz CT molecular complexity index is 904. The maximum Gasteiger partial charge on any atom is 0.233 e. The molecular weight excluding hydrogens is 420 g/mol. The van der Waals surface area contributed by atoms with Gasteiger partial charge in [0.25, 0.3) is 0 Å². The Labute approximate surface area is 172 Å². The van der Waals surface area contributed by atoms with E-state index in [1.54, 1.807) is 0 Å². The lowest BCUT2D eigenvalue weighted by Crippen LogP contribution is -2.40. The Morgan fingerprint density at radius 1 is 1.07 bits per heavy atom. The number of aryl methyl sites for hydroxylation is 2. The average Bonchev–Trinajstić information content (AvgIpc) is 3.43. The van der Waals surface area contributed by atoms with Gasteiger partial charge in [0, 0.05) is 23.1 Å². The summed E-state index contributed by atoms with van der Waals surface area (Å²) in [4.78, 5) is 39.7. The van der Waals surface area contributed by atoms with Crippen molar-refractivity contribution in [2.75, 3.05) is 11.9 Å². The number of imide groups is 1. The standard InChI is InChI=1S/C22H23BrN2O3/c1-10-8-17(11(2)7-16(10)23)24-18(26)5-6-25-21(27)19-12-3-4-13(15-9-14(12)15)20(19)22(25)28/h3-4,7-8,12-15,19-20H,5-6,9H2,1-2H3,(H,24,26)/t12-,13-,14-,15-,19-,20+/m1/s1. The molecule has 2 saturated carbocycles. The van der Waals surface area contributed by atoms with Gasteiger partial charge in [-0.3, -0.25) is 19.3 Å². The van der Waals surface area contributed by atoms with E-state index in [0.717, 1.165) is 27.7 Å². The van der Waals surface area contributed by atoms with Gasteiger partial charge in [0.1, 0.15) is 0 Å². The number of halogens is 1. The predicted molar refractivity (Wildman–Crippen MR) is 108 cm³/mol. The molecule has 1 heterocycles. The Morgan fingerprint density at radius 3 is 2.29 bits per heavy atom. The summed E-state index contributed by atoms with van der Waals surface area (Å²) in [7, 11) is 0. The second-order valence-corrected chi connectivity index (χ2v) is 9.55. The number of allylic oxidation sites excluding steroid dienone is 2. The molecule has 6 atom stereocenters. The van der Waals surface area contributed by atoms with Gasteiger partial charge in [0.15, 0.2) is 0 Å². The summed E-state index contributed by atoms with van der Waals surface area (Å²) in [6, 6.07) is 3.89. The minimum absolute atomic E-state index is 0.0665. The quantitative estimate of drug-likeness (QED) is 0.573. The number of carbonyl (C=O) groups is 3. The molecule has 6 rings (SSSR count). The maximum absolute atomic E-state index is 12.9. The van der Waals surface area contributed by atoms with Gasteiger partial charge in [0.05, 0.1) is 11.8 Å². The monoisotopic (exact) mass is 442 g/mol. The van der Waals surface area contributed by atoms with Gasteiger partial charge in [-0.2, -0.15) is 0 Å². The molecule has 5 aliphatic rings. The van der Waals surface area contributed by atoms with Crippen LogP contribution in [0.15, 0.2) is 28.8 Å². The number of hydrogen-bond donors (Lipinski definition) is 1. The highest BCUT2D eigenvalue weighted by atomic mass is 79.9. The van der Waals surface area contributed by atoms with Crippen molar-refractivity contribution in [2.24, 2.45) is 35.5 Å². The van der Waals surface area contributed by atoms with E-state index in [4.69, 9.17) is 0 Å². The van der Waals surface area contributed by atoms with Crippen LogP contribution in [0.1, 0.15) is 24.0 Å². The first-order chi connectivity index (χ1) is 13.4. The van der Waals surface area contributed by atoms with Crippen molar-refractivity contribution in [3.8, 4) is 0 Å². The predicted octanol–water partition coefficient (Wildman–Crippen LogP) is 3.45. The van der Waals surface area contributed by atoms with Crippen LogP contribution in [-0.2, 0) is 14.4 Å². The van der Waals surface area contributed by atoms with Crippen LogP contribution in [0.3, 0.4) is 0 Å². The number of carbonyl (C=O) groups excluding carboxylic acids is 3. The van der Waals surface area contributed by atoms with Crippen LogP contribution >= 0.6 is 15.9 Å². The van der Waals surface area contributed by atoms with Crippen LogP contribution in [0, 0.1) is 49.4 Å².